The molecule has 2 aliphatic heterocycles. The van der Waals surface area contributed by atoms with Crippen LogP contribution in [0.1, 0.15) is 78.4 Å². The highest BCUT2D eigenvalue weighted by Gasteiger charge is 2.48. The fourth-order valence-corrected chi connectivity index (χ4v) is 7.33. The van der Waals surface area contributed by atoms with Crippen molar-refractivity contribution < 1.29 is 41.9 Å². The molecule has 2 heterocycles. The first-order valence-electron chi connectivity index (χ1n) is 19.5. The Balaban J connectivity index is 1.59. The Labute approximate surface area is 336 Å². The second-order valence-corrected chi connectivity index (χ2v) is 19.8. The number of ether oxygens (including phenoxy) is 1. The maximum Gasteiger partial charge on any atom is 0.410 e. The topological polar surface area (TPSA) is 204 Å². The van der Waals surface area contributed by atoms with E-state index in [0.29, 0.717) is 19.5 Å². The summed E-state index contributed by atoms with van der Waals surface area (Å²) in [5, 5.41) is 10.8. The molecule has 5 atom stereocenters. The van der Waals surface area contributed by atoms with Crippen LogP contribution in [0.5, 0.6) is 0 Å². The Morgan fingerprint density at radius 3 is 2.21 bits per heavy atom. The number of likely N-dealkylation sites (tertiary alicyclic amines) is 1. The van der Waals surface area contributed by atoms with Crippen molar-refractivity contribution in [2.24, 2.45) is 16.7 Å². The first kappa shape index (κ1) is 45.2. The van der Waals surface area contributed by atoms with Crippen molar-refractivity contribution >= 4 is 45.7 Å². The van der Waals surface area contributed by atoms with Gasteiger partial charge < -0.3 is 35.8 Å². The summed E-state index contributed by atoms with van der Waals surface area (Å²) in [4.78, 5) is 84.9. The van der Waals surface area contributed by atoms with E-state index in [1.165, 1.54) is 18.0 Å². The van der Waals surface area contributed by atoms with E-state index >= 15 is 0 Å². The maximum absolute atomic E-state index is 14.7. The fourth-order valence-electron chi connectivity index (χ4n) is 6.91. The van der Waals surface area contributed by atoms with Gasteiger partial charge in [-0.3, -0.25) is 19.2 Å². The number of nitrogens with zero attached hydrogens (tertiary/aromatic N) is 3. The number of carbonyl (C=O) groups excluding carboxylic acids is 6. The van der Waals surface area contributed by atoms with Gasteiger partial charge in [0.2, 0.25) is 27.6 Å². The number of likely N-dealkylation sites (N-methyl/N-ethyl adjacent to an activating group) is 1. The number of hydrogen-bond donors (Lipinski definition) is 4. The molecule has 1 aliphatic carbocycles. The molecular formula is C40H61N7O9S. The molecule has 1 aromatic carbocycles. The number of urea groups is 1. The molecule has 2 fully saturated rings. The van der Waals surface area contributed by atoms with Gasteiger partial charge in [0.25, 0.3) is 5.91 Å². The Hall–Kier alpha value is -4.51. The Morgan fingerprint density at radius 1 is 0.982 bits per heavy atom. The van der Waals surface area contributed by atoms with Crippen LogP contribution in [0.15, 0.2) is 36.9 Å². The molecule has 0 bridgehead atoms. The predicted octanol–water partition coefficient (Wildman–Crippen LogP) is 2.33. The van der Waals surface area contributed by atoms with Crippen molar-refractivity contribution in [3.63, 3.8) is 0 Å². The second kappa shape index (κ2) is 18.4. The number of carbonyl (C=O) groups is 6. The summed E-state index contributed by atoms with van der Waals surface area (Å²) in [6.07, 6.45) is 3.50. The zero-order valence-electron chi connectivity index (χ0n) is 34.6. The van der Waals surface area contributed by atoms with Gasteiger partial charge in [0.05, 0.1) is 18.8 Å². The lowest BCUT2D eigenvalue weighted by atomic mass is 9.85. The van der Waals surface area contributed by atoms with Gasteiger partial charge in [-0.1, -0.05) is 84.7 Å². The SMILES string of the molecule is C=CCNC(=O)C(=O)C(CC1CC1)NC(=O)C1CC(OC(=O)N2CCc3ccccc3C2)CN1C(=O)C(NC(=O)NC(CN(C)S(C)(=O)=O)C(C)(C)C)C(C)(C)C. The summed E-state index contributed by atoms with van der Waals surface area (Å²) in [7, 11) is -2.15. The molecule has 316 valence electrons. The summed E-state index contributed by atoms with van der Waals surface area (Å²) in [5.41, 5.74) is 0.657. The molecule has 3 aliphatic rings. The van der Waals surface area contributed by atoms with Crippen molar-refractivity contribution in [1.82, 2.24) is 35.4 Å². The number of sulfonamides is 1. The molecule has 57 heavy (non-hydrogen) atoms. The predicted molar refractivity (Wildman–Crippen MR) is 214 cm³/mol. The molecule has 4 N–H and O–H groups in total. The zero-order valence-corrected chi connectivity index (χ0v) is 35.4. The number of nitrogens with one attached hydrogen (secondary N) is 4. The van der Waals surface area contributed by atoms with Crippen molar-refractivity contribution in [2.45, 2.75) is 110 Å². The molecular weight excluding hydrogens is 755 g/mol. The zero-order chi connectivity index (χ0) is 42.5. The number of amides is 6. The molecule has 0 radical (unpaired) electrons. The third-order valence-corrected chi connectivity index (χ3v) is 12.1. The van der Waals surface area contributed by atoms with Gasteiger partial charge in [-0.05, 0) is 40.7 Å². The lowest BCUT2D eigenvalue weighted by Crippen LogP contribution is -2.62. The molecule has 0 spiro atoms. The minimum absolute atomic E-state index is 0.0275. The first-order valence-corrected chi connectivity index (χ1v) is 21.4. The number of ketones is 1. The summed E-state index contributed by atoms with van der Waals surface area (Å²) in [6.45, 7) is 15.0. The van der Waals surface area contributed by atoms with Crippen molar-refractivity contribution in [2.75, 3.05) is 39.5 Å². The van der Waals surface area contributed by atoms with Crippen LogP contribution in [0.3, 0.4) is 0 Å². The highest BCUT2D eigenvalue weighted by atomic mass is 32.2. The average Bonchev–Trinajstić information content (AvgIpc) is 3.85. The summed E-state index contributed by atoms with van der Waals surface area (Å²) in [6, 6.07) is 2.86. The van der Waals surface area contributed by atoms with Gasteiger partial charge >= 0.3 is 12.1 Å². The standard InChI is InChI=1S/C40H61N7O9S/c1-10-18-41-35(50)32(48)29(20-25-15-16-25)42-34(49)30-21-28(56-38(53)46-19-17-26-13-11-12-14-27(26)22-46)23-47(30)36(51)33(40(5,6)7)44-37(52)43-31(39(2,3)4)24-45(8)57(9,54)55/h10-14,25,28-31,33H,1,15-24H2,2-9H3,(H,41,50)(H,42,49)(H2,43,44,52). The second-order valence-electron chi connectivity index (χ2n) is 17.7. The average molecular weight is 816 g/mol. The van der Waals surface area contributed by atoms with E-state index in [1.807, 2.05) is 45.0 Å². The number of benzene rings is 1. The molecule has 0 aromatic heterocycles. The van der Waals surface area contributed by atoms with Crippen molar-refractivity contribution in [3.05, 3.63) is 48.0 Å². The minimum Gasteiger partial charge on any atom is -0.444 e. The quantitative estimate of drug-likeness (QED) is 0.151. The number of Topliss-reactive ketones (excluding diaryl/α,β-unsaturated/α-hetero) is 1. The van der Waals surface area contributed by atoms with Crippen LogP contribution in [0.4, 0.5) is 9.59 Å². The molecule has 17 heteroatoms. The van der Waals surface area contributed by atoms with Crippen LogP contribution in [0.2, 0.25) is 0 Å². The molecule has 1 aromatic rings. The van der Waals surface area contributed by atoms with Crippen LogP contribution < -0.4 is 21.3 Å². The molecule has 1 saturated heterocycles. The molecule has 5 unspecified atom stereocenters. The van der Waals surface area contributed by atoms with Crippen LogP contribution >= 0.6 is 0 Å². The van der Waals surface area contributed by atoms with Crippen molar-refractivity contribution in [3.8, 4) is 0 Å². The Morgan fingerprint density at radius 2 is 1.63 bits per heavy atom. The van der Waals surface area contributed by atoms with Crippen LogP contribution in [0.25, 0.3) is 0 Å². The largest absolute Gasteiger partial charge is 0.444 e. The van der Waals surface area contributed by atoms with Gasteiger partial charge in [0, 0.05) is 45.7 Å². The molecule has 6 amide bonds. The van der Waals surface area contributed by atoms with Crippen LogP contribution in [-0.2, 0) is 46.9 Å². The molecule has 1 saturated carbocycles. The van der Waals surface area contributed by atoms with E-state index in [2.05, 4.69) is 27.8 Å². The Bertz CT molecular complexity index is 1800. The first-order chi connectivity index (χ1) is 26.5. The van der Waals surface area contributed by atoms with Gasteiger partial charge in [-0.15, -0.1) is 6.58 Å². The number of rotatable bonds is 15. The molecule has 16 nitrogen and oxygen atoms in total. The Kier molecular flexibility index (Phi) is 14.6. The van der Waals surface area contributed by atoms with E-state index in [-0.39, 0.29) is 38.4 Å². The smallest absolute Gasteiger partial charge is 0.410 e. The normalized spacial score (nSPS) is 20.1. The monoisotopic (exact) mass is 815 g/mol. The minimum atomic E-state index is -3.56. The van der Waals surface area contributed by atoms with Crippen molar-refractivity contribution in [1.29, 1.82) is 0 Å². The lowest BCUT2D eigenvalue weighted by Gasteiger charge is -2.37. The summed E-state index contributed by atoms with van der Waals surface area (Å²) >= 11 is 0. The van der Waals surface area contributed by atoms with Crippen LogP contribution in [-0.4, -0.2) is 128 Å². The molecule has 4 rings (SSSR count). The fraction of sp³-hybridized carbons (Fsp3) is 0.650. The lowest BCUT2D eigenvalue weighted by molar-refractivity contribution is -0.144. The third kappa shape index (κ3) is 12.5. The summed E-state index contributed by atoms with van der Waals surface area (Å²) in [5.74, 6) is -2.86. The van der Waals surface area contributed by atoms with E-state index in [4.69, 9.17) is 4.74 Å². The number of hydrogen-bond acceptors (Lipinski definition) is 9. The van der Waals surface area contributed by atoms with Gasteiger partial charge in [-0.2, -0.15) is 0 Å². The highest BCUT2D eigenvalue weighted by molar-refractivity contribution is 7.88. The van der Waals surface area contributed by atoms with E-state index < -0.39 is 86.8 Å². The summed E-state index contributed by atoms with van der Waals surface area (Å²) < 4.78 is 31.5. The van der Waals surface area contributed by atoms with Crippen LogP contribution in [0, 0.1) is 16.7 Å². The van der Waals surface area contributed by atoms with E-state index in [9.17, 15) is 37.2 Å². The van der Waals surface area contributed by atoms with E-state index in [0.717, 1.165) is 34.5 Å². The third-order valence-electron chi connectivity index (χ3n) is 10.8. The van der Waals surface area contributed by atoms with Gasteiger partial charge in [0.15, 0.2) is 0 Å². The maximum atomic E-state index is 14.7. The number of fused-ring (bicyclic) bond motifs is 1. The highest BCUT2D eigenvalue weighted by Crippen LogP contribution is 2.34. The van der Waals surface area contributed by atoms with Gasteiger partial charge in [-0.25, -0.2) is 22.3 Å². The van der Waals surface area contributed by atoms with Gasteiger partial charge in [0.1, 0.15) is 18.2 Å². The van der Waals surface area contributed by atoms with E-state index in [1.54, 1.807) is 25.7 Å².